The van der Waals surface area contributed by atoms with Gasteiger partial charge in [0.15, 0.2) is 0 Å². The smallest absolute Gasteiger partial charge is 0.137 e. The molecule has 0 saturated heterocycles. The molecule has 1 aliphatic rings. The molecule has 2 aromatic heterocycles. The average molecular weight is 271 g/mol. The molecular formula is C16H21N3O. The van der Waals surface area contributed by atoms with E-state index < -0.39 is 0 Å². The van der Waals surface area contributed by atoms with Crippen LogP contribution in [0.2, 0.25) is 0 Å². The summed E-state index contributed by atoms with van der Waals surface area (Å²) in [6.07, 6.45) is 8.54. The number of hydrogen-bond donors (Lipinski definition) is 1. The second-order valence-corrected chi connectivity index (χ2v) is 5.68. The molecular weight excluding hydrogens is 250 g/mol. The Kier molecular flexibility index (Phi) is 4.11. The van der Waals surface area contributed by atoms with Gasteiger partial charge in [-0.3, -0.25) is 4.98 Å². The van der Waals surface area contributed by atoms with Crippen LogP contribution in [0.25, 0.3) is 0 Å². The van der Waals surface area contributed by atoms with Crippen LogP contribution in [-0.4, -0.2) is 16.2 Å². The van der Waals surface area contributed by atoms with Gasteiger partial charge < -0.3 is 9.84 Å². The Morgan fingerprint density at radius 1 is 1.40 bits per heavy atom. The summed E-state index contributed by atoms with van der Waals surface area (Å²) in [5.74, 6) is 1.67. The maximum Gasteiger partial charge on any atom is 0.137 e. The van der Waals surface area contributed by atoms with Gasteiger partial charge in [-0.15, -0.1) is 0 Å². The van der Waals surface area contributed by atoms with E-state index in [1.807, 2.05) is 25.4 Å². The van der Waals surface area contributed by atoms with Gasteiger partial charge in [-0.1, -0.05) is 17.6 Å². The fourth-order valence-electron chi connectivity index (χ4n) is 3.07. The maximum atomic E-state index is 5.35. The molecule has 4 heteroatoms. The zero-order valence-corrected chi connectivity index (χ0v) is 11.9. The summed E-state index contributed by atoms with van der Waals surface area (Å²) in [6, 6.07) is 6.72. The minimum Gasteiger partial charge on any atom is -0.361 e. The lowest BCUT2D eigenvalue weighted by atomic mass is 9.97. The van der Waals surface area contributed by atoms with Crippen molar-refractivity contribution in [3.63, 3.8) is 0 Å². The molecule has 0 spiro atoms. The number of rotatable bonds is 5. The first-order chi connectivity index (χ1) is 9.81. The van der Waals surface area contributed by atoms with Crippen molar-refractivity contribution in [3.8, 4) is 0 Å². The van der Waals surface area contributed by atoms with Crippen LogP contribution >= 0.6 is 0 Å². The van der Waals surface area contributed by atoms with Crippen LogP contribution in [0.1, 0.15) is 36.3 Å². The molecule has 2 atom stereocenters. The van der Waals surface area contributed by atoms with Crippen molar-refractivity contribution < 1.29 is 4.52 Å². The lowest BCUT2D eigenvalue weighted by molar-refractivity contribution is 0.329. The van der Waals surface area contributed by atoms with Gasteiger partial charge in [-0.05, 0) is 37.3 Å². The van der Waals surface area contributed by atoms with Crippen LogP contribution in [0.4, 0.5) is 0 Å². The number of nitrogens with one attached hydrogen (secondary N) is 1. The molecule has 0 aliphatic heterocycles. The molecule has 1 N–H and O–H groups in total. The van der Waals surface area contributed by atoms with Crippen molar-refractivity contribution in [1.82, 2.24) is 15.5 Å². The van der Waals surface area contributed by atoms with Gasteiger partial charge >= 0.3 is 0 Å². The Morgan fingerprint density at radius 2 is 2.35 bits per heavy atom. The number of pyridine rings is 1. The van der Waals surface area contributed by atoms with Gasteiger partial charge in [-0.25, -0.2) is 0 Å². The standard InChI is InChI=1S/C16H21N3O/c1-12-8-15(20-19-12)9-14-5-2-6-16(14)18-11-13-4-3-7-17-10-13/h3-4,7-8,10,14,16,18H,2,5-6,9,11H2,1H3/t14-,16+/m0/s1. The van der Waals surface area contributed by atoms with Crippen molar-refractivity contribution >= 4 is 0 Å². The van der Waals surface area contributed by atoms with Crippen molar-refractivity contribution in [2.45, 2.75) is 45.2 Å². The highest BCUT2D eigenvalue weighted by Gasteiger charge is 2.27. The first-order valence-electron chi connectivity index (χ1n) is 7.36. The summed E-state index contributed by atoms with van der Waals surface area (Å²) < 4.78 is 5.35. The lowest BCUT2D eigenvalue weighted by Crippen LogP contribution is -2.32. The number of nitrogens with zero attached hydrogens (tertiary/aromatic N) is 2. The van der Waals surface area contributed by atoms with E-state index in [0.717, 1.165) is 24.4 Å². The number of aromatic nitrogens is 2. The molecule has 1 saturated carbocycles. The van der Waals surface area contributed by atoms with E-state index in [2.05, 4.69) is 27.6 Å². The maximum absolute atomic E-state index is 5.35. The Balaban J connectivity index is 1.55. The topological polar surface area (TPSA) is 51.0 Å². The van der Waals surface area contributed by atoms with Gasteiger partial charge in [0.1, 0.15) is 5.76 Å². The first-order valence-corrected chi connectivity index (χ1v) is 7.36. The summed E-state index contributed by atoms with van der Waals surface area (Å²) in [5, 5.41) is 7.65. The van der Waals surface area contributed by atoms with Crippen LogP contribution < -0.4 is 5.32 Å². The third-order valence-electron chi connectivity index (χ3n) is 4.09. The van der Waals surface area contributed by atoms with Crippen LogP contribution in [0.3, 0.4) is 0 Å². The van der Waals surface area contributed by atoms with Gasteiger partial charge in [0, 0.05) is 37.5 Å². The average Bonchev–Trinajstić information content (AvgIpc) is 3.07. The summed E-state index contributed by atoms with van der Waals surface area (Å²) in [4.78, 5) is 4.16. The molecule has 20 heavy (non-hydrogen) atoms. The molecule has 0 unspecified atom stereocenters. The SMILES string of the molecule is Cc1cc(C[C@@H]2CCC[C@H]2NCc2cccnc2)on1. The highest BCUT2D eigenvalue weighted by Crippen LogP contribution is 2.29. The highest BCUT2D eigenvalue weighted by molar-refractivity contribution is 5.09. The Labute approximate surface area is 119 Å². The molecule has 2 heterocycles. The molecule has 0 radical (unpaired) electrons. The summed E-state index contributed by atoms with van der Waals surface area (Å²) in [5.41, 5.74) is 2.21. The van der Waals surface area contributed by atoms with Crippen molar-refractivity contribution in [3.05, 3.63) is 47.6 Å². The molecule has 0 bridgehead atoms. The van der Waals surface area contributed by atoms with Gasteiger partial charge in [-0.2, -0.15) is 0 Å². The molecule has 1 aliphatic carbocycles. The summed E-state index contributed by atoms with van der Waals surface area (Å²) in [6.45, 7) is 2.87. The quantitative estimate of drug-likeness (QED) is 0.908. The summed E-state index contributed by atoms with van der Waals surface area (Å²) in [7, 11) is 0. The van der Waals surface area contributed by atoms with Crippen LogP contribution in [0.5, 0.6) is 0 Å². The lowest BCUT2D eigenvalue weighted by Gasteiger charge is -2.20. The monoisotopic (exact) mass is 271 g/mol. The minimum atomic E-state index is 0.570. The Bertz CT molecular complexity index is 538. The molecule has 3 rings (SSSR count). The highest BCUT2D eigenvalue weighted by atomic mass is 16.5. The summed E-state index contributed by atoms with van der Waals surface area (Å²) >= 11 is 0. The van der Waals surface area contributed by atoms with Crippen LogP contribution in [-0.2, 0) is 13.0 Å². The fourth-order valence-corrected chi connectivity index (χ4v) is 3.07. The van der Waals surface area contributed by atoms with E-state index in [1.54, 1.807) is 0 Å². The van der Waals surface area contributed by atoms with E-state index in [4.69, 9.17) is 4.52 Å². The number of aryl methyl sites for hydroxylation is 1. The van der Waals surface area contributed by atoms with Crippen LogP contribution in [0.15, 0.2) is 35.1 Å². The van der Waals surface area contributed by atoms with E-state index >= 15 is 0 Å². The van der Waals surface area contributed by atoms with Crippen molar-refractivity contribution in [2.24, 2.45) is 5.92 Å². The molecule has 0 aromatic carbocycles. The Hall–Kier alpha value is -1.68. The fraction of sp³-hybridized carbons (Fsp3) is 0.500. The normalized spacial score (nSPS) is 22.2. The molecule has 4 nitrogen and oxygen atoms in total. The third-order valence-corrected chi connectivity index (χ3v) is 4.09. The van der Waals surface area contributed by atoms with E-state index in [0.29, 0.717) is 12.0 Å². The largest absolute Gasteiger partial charge is 0.361 e. The van der Waals surface area contributed by atoms with E-state index in [1.165, 1.54) is 24.8 Å². The second-order valence-electron chi connectivity index (χ2n) is 5.68. The molecule has 1 fully saturated rings. The third kappa shape index (κ3) is 3.25. The van der Waals surface area contributed by atoms with Gasteiger partial charge in [0.05, 0.1) is 5.69 Å². The van der Waals surface area contributed by atoms with Crippen molar-refractivity contribution in [1.29, 1.82) is 0 Å². The van der Waals surface area contributed by atoms with E-state index in [9.17, 15) is 0 Å². The zero-order valence-electron chi connectivity index (χ0n) is 11.9. The van der Waals surface area contributed by atoms with E-state index in [-0.39, 0.29) is 0 Å². The first kappa shape index (κ1) is 13.3. The van der Waals surface area contributed by atoms with Crippen LogP contribution in [0, 0.1) is 12.8 Å². The van der Waals surface area contributed by atoms with Crippen molar-refractivity contribution in [2.75, 3.05) is 0 Å². The molecule has 0 amide bonds. The predicted octanol–water partition coefficient (Wildman–Crippen LogP) is 2.88. The number of hydrogen-bond acceptors (Lipinski definition) is 4. The van der Waals surface area contributed by atoms with Gasteiger partial charge in [0.2, 0.25) is 0 Å². The zero-order chi connectivity index (χ0) is 13.8. The molecule has 2 aromatic rings. The van der Waals surface area contributed by atoms with Gasteiger partial charge in [0.25, 0.3) is 0 Å². The second kappa shape index (κ2) is 6.18. The molecule has 106 valence electrons. The predicted molar refractivity (Wildman–Crippen MR) is 77.1 cm³/mol. The Morgan fingerprint density at radius 3 is 3.10 bits per heavy atom. The minimum absolute atomic E-state index is 0.570.